The molecule has 1 atom stereocenters. The molecule has 3 N–H and O–H groups in total. The molecule has 1 aromatic rings. The first kappa shape index (κ1) is 19.2. The number of rotatable bonds is 4. The van der Waals surface area contributed by atoms with Gasteiger partial charge in [-0.05, 0) is 36.5 Å². The summed E-state index contributed by atoms with van der Waals surface area (Å²) in [6, 6.07) is 6.96. The van der Waals surface area contributed by atoms with Crippen molar-refractivity contribution in [2.24, 2.45) is 5.92 Å². The zero-order valence-corrected chi connectivity index (χ0v) is 16.0. The van der Waals surface area contributed by atoms with Crippen LogP contribution in [0.15, 0.2) is 35.5 Å². The Kier molecular flexibility index (Phi) is 5.70. The van der Waals surface area contributed by atoms with Crippen LogP contribution in [-0.2, 0) is 9.53 Å². The summed E-state index contributed by atoms with van der Waals surface area (Å²) in [5.74, 6) is -0.475. The maximum atomic E-state index is 12.4. The molecule has 27 heavy (non-hydrogen) atoms. The van der Waals surface area contributed by atoms with E-state index in [1.807, 2.05) is 38.1 Å². The average molecular weight is 373 g/mol. The van der Waals surface area contributed by atoms with Gasteiger partial charge in [-0.2, -0.15) is 0 Å². The highest BCUT2D eigenvalue weighted by molar-refractivity contribution is 5.95. The Balaban J connectivity index is 1.90. The number of carbonyl (C=O) groups is 2. The molecular formula is C20H27N3O4. The van der Waals surface area contributed by atoms with Gasteiger partial charge in [0.15, 0.2) is 0 Å². The van der Waals surface area contributed by atoms with Gasteiger partial charge in [-0.15, -0.1) is 0 Å². The molecule has 0 radical (unpaired) electrons. The summed E-state index contributed by atoms with van der Waals surface area (Å²) in [5, 5.41) is 15.2. The molecule has 0 bridgehead atoms. The number of aliphatic hydroxyl groups excluding tert-OH is 1. The van der Waals surface area contributed by atoms with Gasteiger partial charge in [0.25, 0.3) is 0 Å². The lowest BCUT2D eigenvalue weighted by molar-refractivity contribution is -0.136. The first-order valence-corrected chi connectivity index (χ1v) is 9.33. The number of benzene rings is 1. The van der Waals surface area contributed by atoms with Gasteiger partial charge in [0.05, 0.1) is 24.8 Å². The molecule has 146 valence electrons. The molecule has 1 fully saturated rings. The molecule has 1 aromatic carbocycles. The van der Waals surface area contributed by atoms with Gasteiger partial charge >= 0.3 is 12.0 Å². The van der Waals surface area contributed by atoms with Crippen LogP contribution in [0.5, 0.6) is 0 Å². The van der Waals surface area contributed by atoms with E-state index in [0.717, 1.165) is 37.2 Å². The summed E-state index contributed by atoms with van der Waals surface area (Å²) in [5.41, 5.74) is 2.91. The number of esters is 1. The second-order valence-electron chi connectivity index (χ2n) is 7.31. The summed E-state index contributed by atoms with van der Waals surface area (Å²) >= 11 is 0. The molecule has 0 aromatic heterocycles. The Morgan fingerprint density at radius 3 is 2.41 bits per heavy atom. The average Bonchev–Trinajstić information content (AvgIpc) is 2.67. The fourth-order valence-corrected chi connectivity index (χ4v) is 3.63. The predicted molar refractivity (Wildman–Crippen MR) is 102 cm³/mol. The fraction of sp³-hybridized carbons (Fsp3) is 0.500. The minimum Gasteiger partial charge on any atom is -0.466 e. The number of aliphatic hydroxyl groups is 1. The monoisotopic (exact) mass is 373 g/mol. The number of amides is 2. The van der Waals surface area contributed by atoms with E-state index in [1.54, 1.807) is 0 Å². The number of ether oxygens (including phenoxy) is 1. The van der Waals surface area contributed by atoms with Crippen molar-refractivity contribution in [1.29, 1.82) is 0 Å². The fourth-order valence-electron chi connectivity index (χ4n) is 3.63. The Bertz CT molecular complexity index is 734. The van der Waals surface area contributed by atoms with Crippen molar-refractivity contribution in [2.45, 2.75) is 38.8 Å². The largest absolute Gasteiger partial charge is 0.466 e. The molecule has 2 aliphatic heterocycles. The van der Waals surface area contributed by atoms with Crippen molar-refractivity contribution in [3.8, 4) is 0 Å². The number of methoxy groups -OCH3 is 1. The SMILES string of the molecule is COC(=O)C1=C(C(C)C)NC(=O)NC1c1ccc(N2CCC(O)CC2)cc1. The topological polar surface area (TPSA) is 90.9 Å². The number of urea groups is 1. The molecular weight excluding hydrogens is 346 g/mol. The summed E-state index contributed by atoms with van der Waals surface area (Å²) in [7, 11) is 1.34. The van der Waals surface area contributed by atoms with Crippen LogP contribution >= 0.6 is 0 Å². The molecule has 1 unspecified atom stereocenters. The second kappa shape index (κ2) is 8.00. The lowest BCUT2D eigenvalue weighted by Gasteiger charge is -2.33. The zero-order chi connectivity index (χ0) is 19.6. The van der Waals surface area contributed by atoms with E-state index in [1.165, 1.54) is 7.11 Å². The van der Waals surface area contributed by atoms with Crippen LogP contribution in [0.4, 0.5) is 10.5 Å². The van der Waals surface area contributed by atoms with E-state index in [-0.39, 0.29) is 18.1 Å². The lowest BCUT2D eigenvalue weighted by Crippen LogP contribution is -2.47. The van der Waals surface area contributed by atoms with Gasteiger partial charge in [-0.1, -0.05) is 26.0 Å². The van der Waals surface area contributed by atoms with Crippen LogP contribution in [0.2, 0.25) is 0 Å². The normalized spacial score (nSPS) is 21.1. The van der Waals surface area contributed by atoms with Crippen LogP contribution in [-0.4, -0.2) is 43.4 Å². The molecule has 2 amide bonds. The number of piperidine rings is 1. The number of anilines is 1. The Morgan fingerprint density at radius 2 is 1.85 bits per heavy atom. The van der Waals surface area contributed by atoms with Crippen molar-refractivity contribution in [3.63, 3.8) is 0 Å². The first-order chi connectivity index (χ1) is 12.9. The smallest absolute Gasteiger partial charge is 0.337 e. The maximum absolute atomic E-state index is 12.4. The standard InChI is InChI=1S/C20H27N3O4/c1-12(2)17-16(19(25)27-3)18(22-20(26)21-17)13-4-6-14(7-5-13)23-10-8-15(24)9-11-23/h4-7,12,15,18,24H,8-11H2,1-3H3,(H2,21,22,26). The van der Waals surface area contributed by atoms with Gasteiger partial charge in [0.2, 0.25) is 0 Å². The summed E-state index contributed by atoms with van der Waals surface area (Å²) in [6.07, 6.45) is 1.31. The van der Waals surface area contributed by atoms with Crippen molar-refractivity contribution < 1.29 is 19.4 Å². The minimum atomic E-state index is -0.555. The molecule has 0 aliphatic carbocycles. The third-order valence-electron chi connectivity index (χ3n) is 5.14. The van der Waals surface area contributed by atoms with Gasteiger partial charge in [-0.25, -0.2) is 9.59 Å². The Morgan fingerprint density at radius 1 is 1.22 bits per heavy atom. The number of nitrogens with one attached hydrogen (secondary N) is 2. The lowest BCUT2D eigenvalue weighted by atomic mass is 9.91. The van der Waals surface area contributed by atoms with E-state index in [9.17, 15) is 14.7 Å². The van der Waals surface area contributed by atoms with Crippen LogP contribution in [0, 0.1) is 5.92 Å². The number of carbonyl (C=O) groups excluding carboxylic acids is 2. The highest BCUT2D eigenvalue weighted by Gasteiger charge is 2.34. The van der Waals surface area contributed by atoms with Crippen molar-refractivity contribution in [2.75, 3.05) is 25.1 Å². The third-order valence-corrected chi connectivity index (χ3v) is 5.14. The van der Waals surface area contributed by atoms with Crippen molar-refractivity contribution in [1.82, 2.24) is 10.6 Å². The van der Waals surface area contributed by atoms with Gasteiger partial charge in [0.1, 0.15) is 0 Å². The van der Waals surface area contributed by atoms with Gasteiger partial charge < -0.3 is 25.4 Å². The first-order valence-electron chi connectivity index (χ1n) is 9.33. The van der Waals surface area contributed by atoms with Crippen LogP contribution in [0.3, 0.4) is 0 Å². The van der Waals surface area contributed by atoms with E-state index < -0.39 is 12.0 Å². The van der Waals surface area contributed by atoms with E-state index in [4.69, 9.17) is 4.74 Å². The third kappa shape index (κ3) is 4.08. The van der Waals surface area contributed by atoms with Crippen LogP contribution < -0.4 is 15.5 Å². The maximum Gasteiger partial charge on any atom is 0.337 e. The zero-order valence-electron chi connectivity index (χ0n) is 16.0. The van der Waals surface area contributed by atoms with Crippen LogP contribution in [0.25, 0.3) is 0 Å². The quantitative estimate of drug-likeness (QED) is 0.703. The minimum absolute atomic E-state index is 0.0216. The number of hydrogen-bond donors (Lipinski definition) is 3. The van der Waals surface area contributed by atoms with Gasteiger partial charge in [0, 0.05) is 24.5 Å². The van der Waals surface area contributed by atoms with E-state index in [2.05, 4.69) is 15.5 Å². The highest BCUT2D eigenvalue weighted by Crippen LogP contribution is 2.31. The summed E-state index contributed by atoms with van der Waals surface area (Å²) in [6.45, 7) is 5.48. The molecule has 1 saturated heterocycles. The second-order valence-corrected chi connectivity index (χ2v) is 7.31. The number of hydrogen-bond acceptors (Lipinski definition) is 5. The Labute approximate surface area is 159 Å². The summed E-state index contributed by atoms with van der Waals surface area (Å²) < 4.78 is 4.97. The number of allylic oxidation sites excluding steroid dienone is 1. The molecule has 0 spiro atoms. The number of nitrogens with zero attached hydrogens (tertiary/aromatic N) is 1. The molecule has 7 heteroatoms. The molecule has 2 heterocycles. The van der Waals surface area contributed by atoms with Gasteiger partial charge in [-0.3, -0.25) is 0 Å². The summed E-state index contributed by atoms with van der Waals surface area (Å²) in [4.78, 5) is 26.8. The van der Waals surface area contributed by atoms with Crippen molar-refractivity contribution >= 4 is 17.7 Å². The Hall–Kier alpha value is -2.54. The van der Waals surface area contributed by atoms with E-state index >= 15 is 0 Å². The molecule has 0 saturated carbocycles. The highest BCUT2D eigenvalue weighted by atomic mass is 16.5. The van der Waals surface area contributed by atoms with Crippen LogP contribution in [0.1, 0.15) is 38.3 Å². The predicted octanol–water partition coefficient (Wildman–Crippen LogP) is 2.08. The van der Waals surface area contributed by atoms with E-state index in [0.29, 0.717) is 11.3 Å². The molecule has 2 aliphatic rings. The van der Waals surface area contributed by atoms with Crippen molar-refractivity contribution in [3.05, 3.63) is 41.1 Å². The molecule has 7 nitrogen and oxygen atoms in total. The molecule has 3 rings (SSSR count).